The third-order valence-corrected chi connectivity index (χ3v) is 7.88. The van der Waals surface area contributed by atoms with E-state index in [-0.39, 0.29) is 17.7 Å². The van der Waals surface area contributed by atoms with Crippen LogP contribution in [0.2, 0.25) is 5.02 Å². The molecule has 1 fully saturated rings. The largest absolute Gasteiger partial charge is 0.450 e. The third-order valence-electron chi connectivity index (χ3n) is 7.16. The number of carbonyl (C=O) groups excluding carboxylic acids is 2. The first-order chi connectivity index (χ1) is 17.3. The topological polar surface area (TPSA) is 51.5 Å². The van der Waals surface area contributed by atoms with Crippen molar-refractivity contribution in [2.75, 3.05) is 13.1 Å². The van der Waals surface area contributed by atoms with Gasteiger partial charge in [0.1, 0.15) is 11.4 Å². The second kappa shape index (κ2) is 8.75. The Morgan fingerprint density at radius 1 is 1.08 bits per heavy atom. The maximum Gasteiger partial charge on any atom is 0.339 e. The van der Waals surface area contributed by atoms with Crippen LogP contribution in [0.1, 0.15) is 44.7 Å². The fourth-order valence-corrected chi connectivity index (χ4v) is 5.91. The molecule has 1 aromatic heterocycles. The number of fused-ring (bicyclic) bond motifs is 3. The molecule has 1 saturated heterocycles. The van der Waals surface area contributed by atoms with Gasteiger partial charge < -0.3 is 14.2 Å². The van der Waals surface area contributed by atoms with Gasteiger partial charge in [0.15, 0.2) is 0 Å². The molecule has 3 aromatic carbocycles. The van der Waals surface area contributed by atoms with Gasteiger partial charge in [-0.2, -0.15) is 0 Å². The van der Waals surface area contributed by atoms with Gasteiger partial charge in [-0.15, -0.1) is 0 Å². The van der Waals surface area contributed by atoms with Crippen molar-refractivity contribution in [1.82, 2.24) is 9.47 Å². The van der Waals surface area contributed by atoms with E-state index in [1.165, 1.54) is 12.1 Å². The van der Waals surface area contributed by atoms with Gasteiger partial charge in [-0.3, -0.25) is 4.79 Å². The van der Waals surface area contributed by atoms with Crippen molar-refractivity contribution in [3.8, 4) is 0 Å². The molecular weight excluding hydrogens is 547 g/mol. The molecule has 0 radical (unpaired) electrons. The molecule has 0 atom stereocenters. The molecule has 1 amide bonds. The monoisotopic (exact) mass is 566 g/mol. The smallest absolute Gasteiger partial charge is 0.339 e. The number of hydrogen-bond acceptors (Lipinski definition) is 3. The number of aromatic nitrogens is 1. The van der Waals surface area contributed by atoms with Crippen molar-refractivity contribution in [1.29, 1.82) is 0 Å². The number of rotatable bonds is 3. The standard InChI is InChI=1S/C28H21BrClFN2O3/c29-18-4-7-24-22(13-18)27(35)36-28(24)8-10-32(11-9-28)26(34)23-16-33(15-17-2-1-3-20(31)12-17)25-14-19(30)5-6-21(23)25/h1-7,12-14,16H,8-11,15H2. The van der Waals surface area contributed by atoms with Gasteiger partial charge in [-0.1, -0.05) is 51.8 Å². The quantitative estimate of drug-likeness (QED) is 0.264. The zero-order valence-electron chi connectivity index (χ0n) is 19.1. The van der Waals surface area contributed by atoms with Gasteiger partial charge in [0, 0.05) is 59.1 Å². The maximum absolute atomic E-state index is 13.8. The van der Waals surface area contributed by atoms with Crippen LogP contribution in [0.25, 0.3) is 10.9 Å². The van der Waals surface area contributed by atoms with Crippen LogP contribution in [-0.4, -0.2) is 34.4 Å². The van der Waals surface area contributed by atoms with Gasteiger partial charge in [-0.25, -0.2) is 9.18 Å². The predicted molar refractivity (Wildman–Crippen MR) is 139 cm³/mol. The normalized spacial score (nSPS) is 16.4. The number of benzene rings is 3. The lowest BCUT2D eigenvalue weighted by Gasteiger charge is -2.38. The van der Waals surface area contributed by atoms with E-state index in [4.69, 9.17) is 16.3 Å². The van der Waals surface area contributed by atoms with Crippen LogP contribution in [0, 0.1) is 5.82 Å². The van der Waals surface area contributed by atoms with Crippen molar-refractivity contribution >= 4 is 50.3 Å². The van der Waals surface area contributed by atoms with E-state index in [9.17, 15) is 14.0 Å². The third kappa shape index (κ3) is 3.91. The van der Waals surface area contributed by atoms with E-state index < -0.39 is 5.60 Å². The Morgan fingerprint density at radius 3 is 2.67 bits per heavy atom. The molecule has 5 nitrogen and oxygen atoms in total. The Hall–Kier alpha value is -3.16. The van der Waals surface area contributed by atoms with Crippen LogP contribution in [-0.2, 0) is 16.9 Å². The fraction of sp³-hybridized carbons (Fsp3) is 0.214. The summed E-state index contributed by atoms with van der Waals surface area (Å²) >= 11 is 9.70. The van der Waals surface area contributed by atoms with Crippen LogP contribution < -0.4 is 0 Å². The maximum atomic E-state index is 13.8. The Labute approximate surface area is 220 Å². The lowest BCUT2D eigenvalue weighted by atomic mass is 9.83. The molecule has 0 saturated carbocycles. The summed E-state index contributed by atoms with van der Waals surface area (Å²) in [5.74, 6) is -0.707. The van der Waals surface area contributed by atoms with Crippen LogP contribution in [0.15, 0.2) is 71.3 Å². The van der Waals surface area contributed by atoms with Crippen molar-refractivity contribution in [2.45, 2.75) is 25.0 Å². The SMILES string of the molecule is O=C1OC2(CCN(C(=O)c3cn(Cc4cccc(F)c4)c4cc(Cl)ccc34)CC2)c2ccc(Br)cc21. The Morgan fingerprint density at radius 2 is 1.89 bits per heavy atom. The first-order valence-corrected chi connectivity index (χ1v) is 12.9. The summed E-state index contributed by atoms with van der Waals surface area (Å²) in [6.07, 6.45) is 2.89. The van der Waals surface area contributed by atoms with Crippen molar-refractivity contribution < 1.29 is 18.7 Å². The van der Waals surface area contributed by atoms with Crippen LogP contribution >= 0.6 is 27.5 Å². The summed E-state index contributed by atoms with van der Waals surface area (Å²) in [4.78, 5) is 28.0. The van der Waals surface area contributed by atoms with Crippen LogP contribution in [0.3, 0.4) is 0 Å². The van der Waals surface area contributed by atoms with Crippen molar-refractivity contribution in [3.05, 3.63) is 104 Å². The average Bonchev–Trinajstić information content (AvgIpc) is 3.33. The fourth-order valence-electron chi connectivity index (χ4n) is 5.38. The molecule has 0 aliphatic carbocycles. The molecule has 36 heavy (non-hydrogen) atoms. The number of hydrogen-bond donors (Lipinski definition) is 0. The summed E-state index contributed by atoms with van der Waals surface area (Å²) in [6, 6.07) is 17.5. The minimum atomic E-state index is -0.692. The van der Waals surface area contributed by atoms with Crippen LogP contribution in [0.5, 0.6) is 0 Å². The van der Waals surface area contributed by atoms with Gasteiger partial charge in [0.25, 0.3) is 5.91 Å². The molecule has 4 aromatic rings. The van der Waals surface area contributed by atoms with Crippen LogP contribution in [0.4, 0.5) is 4.39 Å². The zero-order chi connectivity index (χ0) is 25.0. The predicted octanol–water partition coefficient (Wildman–Crippen LogP) is 6.55. The summed E-state index contributed by atoms with van der Waals surface area (Å²) in [5, 5.41) is 1.36. The molecule has 6 rings (SSSR count). The lowest BCUT2D eigenvalue weighted by Crippen LogP contribution is -2.45. The molecular formula is C28H21BrClFN2O3. The Kier molecular flexibility index (Phi) is 5.65. The number of likely N-dealkylation sites (tertiary alicyclic amines) is 1. The molecule has 8 heteroatoms. The number of halogens is 3. The van der Waals surface area contributed by atoms with E-state index >= 15 is 0 Å². The first-order valence-electron chi connectivity index (χ1n) is 11.7. The Bertz CT molecular complexity index is 1540. The highest BCUT2D eigenvalue weighted by Gasteiger charge is 2.48. The number of esters is 1. The van der Waals surface area contributed by atoms with Crippen molar-refractivity contribution in [3.63, 3.8) is 0 Å². The van der Waals surface area contributed by atoms with E-state index in [1.54, 1.807) is 18.2 Å². The minimum Gasteiger partial charge on any atom is -0.450 e. The van der Waals surface area contributed by atoms with E-state index in [2.05, 4.69) is 15.9 Å². The number of piperidine rings is 1. The number of nitrogens with zero attached hydrogens (tertiary/aromatic N) is 2. The van der Waals surface area contributed by atoms with E-state index in [0.717, 1.165) is 26.5 Å². The molecule has 2 aliphatic heterocycles. The molecule has 0 unspecified atom stereocenters. The second-order valence-electron chi connectivity index (χ2n) is 9.33. The average molecular weight is 568 g/mol. The summed E-state index contributed by atoms with van der Waals surface area (Å²) in [6.45, 7) is 1.34. The van der Waals surface area contributed by atoms with E-state index in [1.807, 2.05) is 46.0 Å². The molecule has 0 bridgehead atoms. The highest BCUT2D eigenvalue weighted by molar-refractivity contribution is 9.10. The first kappa shape index (κ1) is 23.3. The van der Waals surface area contributed by atoms with Gasteiger partial charge in [-0.05, 0) is 42.0 Å². The number of ether oxygens (including phenoxy) is 1. The molecule has 1 spiro atoms. The minimum absolute atomic E-state index is 0.0875. The molecule has 2 aliphatic rings. The molecule has 3 heterocycles. The van der Waals surface area contributed by atoms with Crippen molar-refractivity contribution in [2.24, 2.45) is 0 Å². The molecule has 182 valence electrons. The highest BCUT2D eigenvalue weighted by atomic mass is 79.9. The summed E-state index contributed by atoms with van der Waals surface area (Å²) in [7, 11) is 0. The van der Waals surface area contributed by atoms with E-state index in [0.29, 0.717) is 48.6 Å². The Balaban J connectivity index is 1.28. The number of carbonyl (C=O) groups is 2. The number of amides is 1. The zero-order valence-corrected chi connectivity index (χ0v) is 21.5. The van der Waals surface area contributed by atoms with Gasteiger partial charge >= 0.3 is 5.97 Å². The molecule has 0 N–H and O–H groups in total. The summed E-state index contributed by atoms with van der Waals surface area (Å²) < 4.78 is 22.4. The second-order valence-corrected chi connectivity index (χ2v) is 10.7. The van der Waals surface area contributed by atoms with Gasteiger partial charge in [0.2, 0.25) is 0 Å². The summed E-state index contributed by atoms with van der Waals surface area (Å²) in [5.41, 5.74) is 2.96. The lowest BCUT2D eigenvalue weighted by molar-refractivity contribution is -0.0389. The highest BCUT2D eigenvalue weighted by Crippen LogP contribution is 2.45. The van der Waals surface area contributed by atoms with Gasteiger partial charge in [0.05, 0.1) is 16.6 Å².